The Balaban J connectivity index is 2.14. The summed E-state index contributed by atoms with van der Waals surface area (Å²) in [6.45, 7) is 1.99. The van der Waals surface area contributed by atoms with Crippen LogP contribution in [-0.2, 0) is 0 Å². The van der Waals surface area contributed by atoms with Crippen LogP contribution in [-0.4, -0.2) is 22.6 Å². The third-order valence-corrected chi connectivity index (χ3v) is 4.02. The summed E-state index contributed by atoms with van der Waals surface area (Å²) >= 11 is 2.26. The number of fused-ring (bicyclic) bond motifs is 1. The van der Waals surface area contributed by atoms with Crippen LogP contribution in [0.3, 0.4) is 0 Å². The second kappa shape index (κ2) is 4.45. The standard InChI is InChI=1S/C12H14IN3O/c13-8-1-2-11-10(7-8)15-12(17)16(11)9-3-5-14-6-4-9/h1-2,7,9,14H,3-6H2,(H,15,17). The number of H-pyrrole nitrogens is 1. The van der Waals surface area contributed by atoms with Crippen LogP contribution in [0.4, 0.5) is 0 Å². The SMILES string of the molecule is O=c1[nH]c2cc(I)ccc2n1C1CCNCC1. The van der Waals surface area contributed by atoms with Gasteiger partial charge in [-0.15, -0.1) is 0 Å². The molecule has 0 saturated carbocycles. The van der Waals surface area contributed by atoms with E-state index in [4.69, 9.17) is 0 Å². The van der Waals surface area contributed by atoms with Crippen LogP contribution in [0.1, 0.15) is 18.9 Å². The maximum absolute atomic E-state index is 12.0. The summed E-state index contributed by atoms with van der Waals surface area (Å²) in [6.07, 6.45) is 2.05. The monoisotopic (exact) mass is 343 g/mol. The lowest BCUT2D eigenvalue weighted by Gasteiger charge is -2.23. The van der Waals surface area contributed by atoms with Crippen LogP contribution in [0.2, 0.25) is 0 Å². The lowest BCUT2D eigenvalue weighted by Crippen LogP contribution is -2.33. The van der Waals surface area contributed by atoms with Gasteiger partial charge in [0.25, 0.3) is 0 Å². The first-order valence-corrected chi connectivity index (χ1v) is 6.94. The van der Waals surface area contributed by atoms with Crippen molar-refractivity contribution in [3.05, 3.63) is 32.3 Å². The van der Waals surface area contributed by atoms with Crippen LogP contribution < -0.4 is 11.0 Å². The van der Waals surface area contributed by atoms with E-state index in [0.717, 1.165) is 40.5 Å². The number of nitrogens with zero attached hydrogens (tertiary/aromatic N) is 1. The van der Waals surface area contributed by atoms with E-state index in [0.29, 0.717) is 6.04 Å². The number of piperidine rings is 1. The Morgan fingerprint density at radius 1 is 1.29 bits per heavy atom. The second-order valence-corrected chi connectivity index (χ2v) is 5.69. The van der Waals surface area contributed by atoms with Gasteiger partial charge >= 0.3 is 5.69 Å². The van der Waals surface area contributed by atoms with Crippen LogP contribution in [0.25, 0.3) is 11.0 Å². The fourth-order valence-electron chi connectivity index (χ4n) is 2.53. The van der Waals surface area contributed by atoms with Crippen LogP contribution in [0.15, 0.2) is 23.0 Å². The molecule has 5 heteroatoms. The van der Waals surface area contributed by atoms with E-state index in [1.807, 2.05) is 22.8 Å². The first-order chi connectivity index (χ1) is 8.25. The lowest BCUT2D eigenvalue weighted by atomic mass is 10.1. The van der Waals surface area contributed by atoms with Gasteiger partial charge < -0.3 is 10.3 Å². The molecule has 1 aliphatic heterocycles. The van der Waals surface area contributed by atoms with E-state index in [2.05, 4.69) is 32.9 Å². The molecular weight excluding hydrogens is 329 g/mol. The normalized spacial score (nSPS) is 17.7. The molecule has 0 radical (unpaired) electrons. The average molecular weight is 343 g/mol. The molecule has 2 aromatic rings. The van der Waals surface area contributed by atoms with E-state index >= 15 is 0 Å². The van der Waals surface area contributed by atoms with Crippen molar-refractivity contribution in [3.8, 4) is 0 Å². The zero-order valence-corrected chi connectivity index (χ0v) is 11.5. The maximum Gasteiger partial charge on any atom is 0.326 e. The average Bonchev–Trinajstić information content (AvgIpc) is 2.65. The van der Waals surface area contributed by atoms with Gasteiger partial charge in [-0.05, 0) is 66.7 Å². The van der Waals surface area contributed by atoms with Crippen LogP contribution in [0.5, 0.6) is 0 Å². The number of benzene rings is 1. The Morgan fingerprint density at radius 2 is 2.06 bits per heavy atom. The molecule has 0 spiro atoms. The molecular formula is C12H14IN3O. The smallest absolute Gasteiger partial charge is 0.317 e. The summed E-state index contributed by atoms with van der Waals surface area (Å²) in [5.41, 5.74) is 2.00. The summed E-state index contributed by atoms with van der Waals surface area (Å²) < 4.78 is 3.07. The molecule has 1 aliphatic rings. The third kappa shape index (κ3) is 2.01. The van der Waals surface area contributed by atoms with Crippen molar-refractivity contribution in [2.24, 2.45) is 0 Å². The lowest BCUT2D eigenvalue weighted by molar-refractivity contribution is 0.368. The van der Waals surface area contributed by atoms with Gasteiger partial charge in [0.15, 0.2) is 0 Å². The van der Waals surface area contributed by atoms with Gasteiger partial charge in [-0.25, -0.2) is 4.79 Å². The van der Waals surface area contributed by atoms with Crippen LogP contribution >= 0.6 is 22.6 Å². The van der Waals surface area contributed by atoms with Gasteiger partial charge in [0.05, 0.1) is 11.0 Å². The Bertz CT molecular complexity index is 595. The molecule has 90 valence electrons. The first-order valence-electron chi connectivity index (χ1n) is 5.86. The van der Waals surface area contributed by atoms with Crippen molar-refractivity contribution < 1.29 is 0 Å². The molecule has 1 saturated heterocycles. The van der Waals surface area contributed by atoms with Gasteiger partial charge in [-0.3, -0.25) is 4.57 Å². The molecule has 1 aromatic carbocycles. The van der Waals surface area contributed by atoms with E-state index in [-0.39, 0.29) is 5.69 Å². The number of halogens is 1. The molecule has 0 amide bonds. The van der Waals surface area contributed by atoms with Crippen molar-refractivity contribution in [3.63, 3.8) is 0 Å². The highest BCUT2D eigenvalue weighted by atomic mass is 127. The molecule has 2 N–H and O–H groups in total. The fraction of sp³-hybridized carbons (Fsp3) is 0.417. The molecule has 0 unspecified atom stereocenters. The van der Waals surface area contributed by atoms with Gasteiger partial charge in [0.1, 0.15) is 0 Å². The zero-order valence-electron chi connectivity index (χ0n) is 9.37. The fourth-order valence-corrected chi connectivity index (χ4v) is 3.02. The highest BCUT2D eigenvalue weighted by Gasteiger charge is 2.19. The highest BCUT2D eigenvalue weighted by Crippen LogP contribution is 2.22. The topological polar surface area (TPSA) is 49.8 Å². The molecule has 1 fully saturated rings. The molecule has 17 heavy (non-hydrogen) atoms. The summed E-state index contributed by atoms with van der Waals surface area (Å²) in [5, 5.41) is 3.33. The number of nitrogens with one attached hydrogen (secondary N) is 2. The largest absolute Gasteiger partial charge is 0.326 e. The summed E-state index contributed by atoms with van der Waals surface area (Å²) in [7, 11) is 0. The molecule has 0 bridgehead atoms. The summed E-state index contributed by atoms with van der Waals surface area (Å²) in [5.74, 6) is 0. The number of hydrogen-bond donors (Lipinski definition) is 2. The Hall–Kier alpha value is -0.820. The van der Waals surface area contributed by atoms with E-state index < -0.39 is 0 Å². The van der Waals surface area contributed by atoms with Crippen molar-refractivity contribution >= 4 is 33.6 Å². The second-order valence-electron chi connectivity index (χ2n) is 4.44. The van der Waals surface area contributed by atoms with Crippen molar-refractivity contribution in [2.75, 3.05) is 13.1 Å². The summed E-state index contributed by atoms with van der Waals surface area (Å²) in [4.78, 5) is 15.0. The third-order valence-electron chi connectivity index (χ3n) is 3.35. The Morgan fingerprint density at radius 3 is 2.82 bits per heavy atom. The van der Waals surface area contributed by atoms with Crippen LogP contribution in [0, 0.1) is 3.57 Å². The van der Waals surface area contributed by atoms with E-state index in [1.54, 1.807) is 0 Å². The molecule has 0 atom stereocenters. The number of hydrogen-bond acceptors (Lipinski definition) is 2. The van der Waals surface area contributed by atoms with Crippen molar-refractivity contribution in [2.45, 2.75) is 18.9 Å². The minimum absolute atomic E-state index is 0.0221. The number of rotatable bonds is 1. The quantitative estimate of drug-likeness (QED) is 0.777. The summed E-state index contributed by atoms with van der Waals surface area (Å²) in [6, 6.07) is 6.44. The van der Waals surface area contributed by atoms with Gasteiger partial charge in [0.2, 0.25) is 0 Å². The number of imidazole rings is 1. The highest BCUT2D eigenvalue weighted by molar-refractivity contribution is 14.1. The molecule has 4 nitrogen and oxygen atoms in total. The molecule has 3 rings (SSSR count). The van der Waals surface area contributed by atoms with Gasteiger partial charge in [0, 0.05) is 9.61 Å². The number of aromatic amines is 1. The predicted octanol–water partition coefficient (Wildman–Crippen LogP) is 1.86. The van der Waals surface area contributed by atoms with Crippen molar-refractivity contribution in [1.29, 1.82) is 0 Å². The molecule has 0 aliphatic carbocycles. The Kier molecular flexibility index (Phi) is 2.96. The van der Waals surface area contributed by atoms with E-state index in [9.17, 15) is 4.79 Å². The Labute approximate surface area is 113 Å². The van der Waals surface area contributed by atoms with Gasteiger partial charge in [-0.2, -0.15) is 0 Å². The van der Waals surface area contributed by atoms with Crippen molar-refractivity contribution in [1.82, 2.24) is 14.9 Å². The first kappa shape index (κ1) is 11.3. The number of aromatic nitrogens is 2. The maximum atomic E-state index is 12.0. The molecule has 1 aromatic heterocycles. The minimum atomic E-state index is 0.0221. The minimum Gasteiger partial charge on any atom is -0.317 e. The van der Waals surface area contributed by atoms with Gasteiger partial charge in [-0.1, -0.05) is 0 Å². The van der Waals surface area contributed by atoms with E-state index in [1.165, 1.54) is 0 Å². The predicted molar refractivity (Wildman–Crippen MR) is 76.4 cm³/mol. The zero-order chi connectivity index (χ0) is 11.8. The molecule has 2 heterocycles.